The minimum Gasteiger partial charge on any atom is -0.444 e. The van der Waals surface area contributed by atoms with E-state index in [0.29, 0.717) is 32.4 Å². The number of nitrogens with zero attached hydrogens (tertiary/aromatic N) is 2. The standard InChI is InChI=1S/C26H31N3O5/c1-24(2,3)34-23(32)29-11-10-26(33,25(15-29)8-9-25)18-4-6-20-16(13-18)12-17(14-27-20)19-5-7-21(30)28-22(19)31/h4,6,12-14,19,33H,5,7-11,15H2,1-3H3,(H,28,30,31). The Morgan fingerprint density at radius 2 is 1.97 bits per heavy atom. The highest BCUT2D eigenvalue weighted by Crippen LogP contribution is 2.62. The first-order valence-electron chi connectivity index (χ1n) is 11.9. The molecule has 5 rings (SSSR count). The van der Waals surface area contributed by atoms with E-state index in [4.69, 9.17) is 4.74 Å². The first kappa shape index (κ1) is 22.8. The fraction of sp³-hybridized carbons (Fsp3) is 0.538. The number of imide groups is 1. The smallest absolute Gasteiger partial charge is 0.410 e. The van der Waals surface area contributed by atoms with E-state index in [0.717, 1.165) is 34.9 Å². The van der Waals surface area contributed by atoms with Gasteiger partial charge in [0.2, 0.25) is 11.8 Å². The molecule has 2 unspecified atom stereocenters. The average molecular weight is 466 g/mol. The molecule has 1 spiro atoms. The van der Waals surface area contributed by atoms with Crippen molar-refractivity contribution in [1.29, 1.82) is 0 Å². The number of fused-ring (bicyclic) bond motifs is 1. The Morgan fingerprint density at radius 1 is 1.21 bits per heavy atom. The van der Waals surface area contributed by atoms with Gasteiger partial charge in [-0.25, -0.2) is 4.79 Å². The zero-order chi connectivity index (χ0) is 24.3. The highest BCUT2D eigenvalue weighted by Gasteiger charge is 2.62. The van der Waals surface area contributed by atoms with Crippen LogP contribution in [-0.4, -0.2) is 51.6 Å². The molecule has 2 saturated heterocycles. The van der Waals surface area contributed by atoms with Crippen LogP contribution in [0.2, 0.25) is 0 Å². The number of amides is 3. The number of piperidine rings is 2. The van der Waals surface area contributed by atoms with E-state index in [2.05, 4.69) is 10.3 Å². The number of pyridine rings is 1. The number of benzene rings is 1. The summed E-state index contributed by atoms with van der Waals surface area (Å²) in [6, 6.07) is 7.71. The molecule has 8 heteroatoms. The van der Waals surface area contributed by atoms with Crippen LogP contribution < -0.4 is 5.32 Å². The van der Waals surface area contributed by atoms with Gasteiger partial charge in [-0.2, -0.15) is 0 Å². The van der Waals surface area contributed by atoms with Gasteiger partial charge in [0.1, 0.15) is 5.60 Å². The van der Waals surface area contributed by atoms with Crippen molar-refractivity contribution in [2.45, 2.75) is 70.0 Å². The summed E-state index contributed by atoms with van der Waals surface area (Å²) in [6.45, 7) is 6.43. The largest absolute Gasteiger partial charge is 0.444 e. The third-order valence-corrected chi connectivity index (χ3v) is 7.44. The Hall–Kier alpha value is -3.00. The van der Waals surface area contributed by atoms with Gasteiger partial charge < -0.3 is 14.7 Å². The number of carbonyl (C=O) groups is 3. The Kier molecular flexibility index (Phi) is 5.20. The van der Waals surface area contributed by atoms with Crippen molar-refractivity contribution in [3.8, 4) is 0 Å². The highest BCUT2D eigenvalue weighted by atomic mass is 16.6. The van der Waals surface area contributed by atoms with Gasteiger partial charge >= 0.3 is 6.09 Å². The number of nitrogens with one attached hydrogen (secondary N) is 1. The van der Waals surface area contributed by atoms with Crippen molar-refractivity contribution >= 4 is 28.8 Å². The molecular weight excluding hydrogens is 434 g/mol. The quantitative estimate of drug-likeness (QED) is 0.659. The van der Waals surface area contributed by atoms with Crippen LogP contribution in [0.25, 0.3) is 10.9 Å². The van der Waals surface area contributed by atoms with Crippen LogP contribution in [0.15, 0.2) is 30.5 Å². The molecule has 180 valence electrons. The van der Waals surface area contributed by atoms with Gasteiger partial charge in [-0.3, -0.25) is 19.9 Å². The summed E-state index contributed by atoms with van der Waals surface area (Å²) < 4.78 is 5.56. The average Bonchev–Trinajstić information content (AvgIpc) is 3.54. The zero-order valence-electron chi connectivity index (χ0n) is 19.9. The van der Waals surface area contributed by atoms with Crippen LogP contribution in [0.1, 0.15) is 69.9 Å². The Bertz CT molecular complexity index is 1180. The minimum atomic E-state index is -1.05. The van der Waals surface area contributed by atoms with E-state index in [1.54, 1.807) is 11.1 Å². The summed E-state index contributed by atoms with van der Waals surface area (Å²) in [7, 11) is 0. The molecule has 0 radical (unpaired) electrons. The third kappa shape index (κ3) is 3.94. The minimum absolute atomic E-state index is 0.244. The maximum absolute atomic E-state index is 12.6. The first-order valence-corrected chi connectivity index (χ1v) is 11.9. The van der Waals surface area contributed by atoms with Gasteiger partial charge in [-0.05, 0) is 75.8 Å². The lowest BCUT2D eigenvalue weighted by molar-refractivity contribution is -0.134. The SMILES string of the molecule is CC(C)(C)OC(=O)N1CCC(O)(c2ccc3ncc(C4CCC(=O)NC4=O)cc3c2)C2(CC2)C1. The van der Waals surface area contributed by atoms with E-state index in [1.807, 2.05) is 45.0 Å². The summed E-state index contributed by atoms with van der Waals surface area (Å²) in [5.74, 6) is -0.946. The summed E-state index contributed by atoms with van der Waals surface area (Å²) >= 11 is 0. The molecule has 3 heterocycles. The van der Waals surface area contributed by atoms with Crippen molar-refractivity contribution in [2.75, 3.05) is 13.1 Å². The van der Waals surface area contributed by atoms with Crippen molar-refractivity contribution in [3.05, 3.63) is 41.6 Å². The van der Waals surface area contributed by atoms with Gasteiger partial charge in [0.15, 0.2) is 0 Å². The van der Waals surface area contributed by atoms with Gasteiger partial charge in [-0.15, -0.1) is 0 Å². The molecule has 2 N–H and O–H groups in total. The second-order valence-corrected chi connectivity index (χ2v) is 11.0. The summed E-state index contributed by atoms with van der Waals surface area (Å²) in [6.07, 6.45) is 4.24. The van der Waals surface area contributed by atoms with E-state index < -0.39 is 17.1 Å². The van der Waals surface area contributed by atoms with E-state index in [-0.39, 0.29) is 23.3 Å². The fourth-order valence-corrected chi connectivity index (χ4v) is 5.40. The third-order valence-electron chi connectivity index (χ3n) is 7.44. The molecule has 0 bridgehead atoms. The topological polar surface area (TPSA) is 109 Å². The Balaban J connectivity index is 1.42. The number of likely N-dealkylation sites (tertiary alicyclic amines) is 1. The molecule has 3 amide bonds. The molecule has 3 aliphatic rings. The predicted octanol–water partition coefficient (Wildman–Crippen LogP) is 3.36. The van der Waals surface area contributed by atoms with Crippen molar-refractivity contribution in [1.82, 2.24) is 15.2 Å². The molecule has 2 aliphatic heterocycles. The van der Waals surface area contributed by atoms with Crippen LogP contribution in [0, 0.1) is 5.41 Å². The molecule has 8 nitrogen and oxygen atoms in total. The van der Waals surface area contributed by atoms with Gasteiger partial charge in [0, 0.05) is 36.5 Å². The maximum atomic E-state index is 12.6. The molecular formula is C26H31N3O5. The van der Waals surface area contributed by atoms with Crippen LogP contribution in [-0.2, 0) is 19.9 Å². The second-order valence-electron chi connectivity index (χ2n) is 11.0. The van der Waals surface area contributed by atoms with Crippen LogP contribution in [0.5, 0.6) is 0 Å². The lowest BCUT2D eigenvalue weighted by Gasteiger charge is -2.46. The van der Waals surface area contributed by atoms with Crippen molar-refractivity contribution in [3.63, 3.8) is 0 Å². The molecule has 3 fully saturated rings. The monoisotopic (exact) mass is 465 g/mol. The molecule has 1 aliphatic carbocycles. The molecule has 1 saturated carbocycles. The molecule has 1 aromatic carbocycles. The lowest BCUT2D eigenvalue weighted by Crippen LogP contribution is -2.54. The van der Waals surface area contributed by atoms with E-state index >= 15 is 0 Å². The first-order chi connectivity index (χ1) is 16.0. The van der Waals surface area contributed by atoms with Crippen LogP contribution >= 0.6 is 0 Å². The summed E-state index contributed by atoms with van der Waals surface area (Å²) in [5.41, 5.74) is 0.354. The molecule has 34 heavy (non-hydrogen) atoms. The predicted molar refractivity (Wildman–Crippen MR) is 125 cm³/mol. The fourth-order valence-electron chi connectivity index (χ4n) is 5.40. The second kappa shape index (κ2) is 7.77. The number of carbonyl (C=O) groups excluding carboxylic acids is 3. The molecule has 2 aromatic rings. The Labute approximate surface area is 198 Å². The summed E-state index contributed by atoms with van der Waals surface area (Å²) in [4.78, 5) is 42.7. The number of hydrogen-bond donors (Lipinski definition) is 2. The van der Waals surface area contributed by atoms with Crippen molar-refractivity contribution in [2.24, 2.45) is 5.41 Å². The number of ether oxygens (including phenoxy) is 1. The molecule has 1 aromatic heterocycles. The van der Waals surface area contributed by atoms with Gasteiger partial charge in [-0.1, -0.05) is 6.07 Å². The Morgan fingerprint density at radius 3 is 2.65 bits per heavy atom. The molecule has 2 atom stereocenters. The maximum Gasteiger partial charge on any atom is 0.410 e. The van der Waals surface area contributed by atoms with Crippen molar-refractivity contribution < 1.29 is 24.2 Å². The van der Waals surface area contributed by atoms with Gasteiger partial charge in [0.05, 0.1) is 17.0 Å². The number of aromatic nitrogens is 1. The lowest BCUT2D eigenvalue weighted by atomic mass is 9.73. The number of hydrogen-bond acceptors (Lipinski definition) is 6. The zero-order valence-corrected chi connectivity index (χ0v) is 19.9. The van der Waals surface area contributed by atoms with E-state index in [9.17, 15) is 19.5 Å². The highest BCUT2D eigenvalue weighted by molar-refractivity contribution is 6.01. The van der Waals surface area contributed by atoms with Crippen LogP contribution in [0.4, 0.5) is 4.79 Å². The van der Waals surface area contributed by atoms with Crippen LogP contribution in [0.3, 0.4) is 0 Å². The number of aliphatic hydroxyl groups is 1. The normalized spacial score (nSPS) is 26.5. The van der Waals surface area contributed by atoms with Gasteiger partial charge in [0.25, 0.3) is 0 Å². The van der Waals surface area contributed by atoms with E-state index in [1.165, 1.54) is 0 Å². The summed E-state index contributed by atoms with van der Waals surface area (Å²) in [5, 5.41) is 15.2. The number of rotatable bonds is 2.